The summed E-state index contributed by atoms with van der Waals surface area (Å²) in [4.78, 5) is 19.1. The molecular formula is C15H17N5O4S. The second-order valence-electron chi connectivity index (χ2n) is 5.49. The van der Waals surface area contributed by atoms with E-state index in [1.807, 2.05) is 0 Å². The highest BCUT2D eigenvalue weighted by atomic mass is 32.2. The number of primary amides is 1. The van der Waals surface area contributed by atoms with Crippen molar-refractivity contribution in [3.8, 4) is 5.75 Å². The predicted octanol–water partition coefficient (Wildman–Crippen LogP) is 0.0691. The molecule has 10 heteroatoms. The van der Waals surface area contributed by atoms with E-state index < -0.39 is 15.9 Å². The van der Waals surface area contributed by atoms with Crippen LogP contribution in [0.5, 0.6) is 5.75 Å². The molecule has 1 fully saturated rings. The van der Waals surface area contributed by atoms with Gasteiger partial charge in [0, 0.05) is 19.2 Å². The molecule has 9 nitrogen and oxygen atoms in total. The standard InChI is InChI=1S/C15H17N5O4S/c1-24-11-2-4-12(5-3-11)25(22,23)20-7-10(8-20)19-14-6-13(15(16)21)17-9-18-14/h2-6,9-10H,7-8H2,1H3,(H2,16,21)(H,17,18,19). The summed E-state index contributed by atoms with van der Waals surface area (Å²) < 4.78 is 31.4. The third-order valence-electron chi connectivity index (χ3n) is 3.82. The average molecular weight is 363 g/mol. The largest absolute Gasteiger partial charge is 0.497 e. The number of hydrogen-bond donors (Lipinski definition) is 2. The molecule has 0 bridgehead atoms. The Morgan fingerprint density at radius 1 is 1.28 bits per heavy atom. The molecule has 3 N–H and O–H groups in total. The van der Waals surface area contributed by atoms with Gasteiger partial charge in [-0.1, -0.05) is 0 Å². The maximum absolute atomic E-state index is 12.5. The van der Waals surface area contributed by atoms with Crippen LogP contribution >= 0.6 is 0 Å². The second-order valence-corrected chi connectivity index (χ2v) is 7.43. The lowest BCUT2D eigenvalue weighted by atomic mass is 10.2. The van der Waals surface area contributed by atoms with Gasteiger partial charge in [0.15, 0.2) is 0 Å². The first-order valence-corrected chi connectivity index (χ1v) is 8.87. The normalized spacial score (nSPS) is 15.4. The number of anilines is 1. The van der Waals surface area contributed by atoms with Crippen LogP contribution in [-0.2, 0) is 10.0 Å². The van der Waals surface area contributed by atoms with Crippen molar-refractivity contribution in [3.05, 3.63) is 42.4 Å². The molecule has 0 atom stereocenters. The van der Waals surface area contributed by atoms with Gasteiger partial charge in [-0.2, -0.15) is 4.31 Å². The fraction of sp³-hybridized carbons (Fsp3) is 0.267. The van der Waals surface area contributed by atoms with E-state index in [0.29, 0.717) is 24.7 Å². The molecular weight excluding hydrogens is 346 g/mol. The molecule has 0 spiro atoms. The number of carbonyl (C=O) groups is 1. The molecule has 25 heavy (non-hydrogen) atoms. The van der Waals surface area contributed by atoms with Crippen molar-refractivity contribution in [3.63, 3.8) is 0 Å². The fourth-order valence-electron chi connectivity index (χ4n) is 2.40. The van der Waals surface area contributed by atoms with Gasteiger partial charge in [-0.3, -0.25) is 4.79 Å². The minimum atomic E-state index is -3.54. The third-order valence-corrected chi connectivity index (χ3v) is 5.66. The van der Waals surface area contributed by atoms with Crippen LogP contribution in [0, 0.1) is 0 Å². The maximum Gasteiger partial charge on any atom is 0.267 e. The lowest BCUT2D eigenvalue weighted by Gasteiger charge is -2.38. The van der Waals surface area contributed by atoms with Gasteiger partial charge in [0.2, 0.25) is 10.0 Å². The molecule has 3 rings (SSSR count). The molecule has 1 amide bonds. The van der Waals surface area contributed by atoms with Crippen molar-refractivity contribution in [1.29, 1.82) is 0 Å². The highest BCUT2D eigenvalue weighted by Crippen LogP contribution is 2.24. The van der Waals surface area contributed by atoms with Gasteiger partial charge < -0.3 is 15.8 Å². The van der Waals surface area contributed by atoms with Crippen LogP contribution in [0.3, 0.4) is 0 Å². The third kappa shape index (κ3) is 3.54. The van der Waals surface area contributed by atoms with Crippen molar-refractivity contribution in [1.82, 2.24) is 14.3 Å². The van der Waals surface area contributed by atoms with Crippen molar-refractivity contribution < 1.29 is 17.9 Å². The lowest BCUT2D eigenvalue weighted by molar-refractivity contribution is 0.0995. The number of nitrogens with two attached hydrogens (primary N) is 1. The number of carbonyl (C=O) groups excluding carboxylic acids is 1. The van der Waals surface area contributed by atoms with E-state index in [2.05, 4.69) is 15.3 Å². The van der Waals surface area contributed by atoms with Crippen molar-refractivity contribution in [2.45, 2.75) is 10.9 Å². The lowest BCUT2D eigenvalue weighted by Crippen LogP contribution is -2.56. The summed E-state index contributed by atoms with van der Waals surface area (Å²) >= 11 is 0. The Labute approximate surface area is 144 Å². The van der Waals surface area contributed by atoms with Crippen LogP contribution in [0.2, 0.25) is 0 Å². The van der Waals surface area contributed by atoms with Gasteiger partial charge in [-0.25, -0.2) is 18.4 Å². The zero-order chi connectivity index (χ0) is 18.0. The summed E-state index contributed by atoms with van der Waals surface area (Å²) in [7, 11) is -2.02. The van der Waals surface area contributed by atoms with Crippen LogP contribution in [0.4, 0.5) is 5.82 Å². The highest BCUT2D eigenvalue weighted by molar-refractivity contribution is 7.89. The van der Waals surface area contributed by atoms with E-state index in [-0.39, 0.29) is 16.6 Å². The van der Waals surface area contributed by atoms with E-state index in [0.717, 1.165) is 0 Å². The molecule has 1 aromatic heterocycles. The summed E-state index contributed by atoms with van der Waals surface area (Å²) in [6.45, 7) is 0.592. The van der Waals surface area contributed by atoms with Crippen LogP contribution in [0.25, 0.3) is 0 Å². The number of hydrogen-bond acceptors (Lipinski definition) is 7. The fourth-order valence-corrected chi connectivity index (χ4v) is 3.93. The number of nitrogens with one attached hydrogen (secondary N) is 1. The smallest absolute Gasteiger partial charge is 0.267 e. The Hall–Kier alpha value is -2.72. The van der Waals surface area contributed by atoms with Crippen LogP contribution < -0.4 is 15.8 Å². The summed E-state index contributed by atoms with van der Waals surface area (Å²) in [6, 6.07) is 7.56. The zero-order valence-corrected chi connectivity index (χ0v) is 14.2. The minimum absolute atomic E-state index is 0.0968. The van der Waals surface area contributed by atoms with E-state index in [9.17, 15) is 13.2 Å². The van der Waals surface area contributed by atoms with Gasteiger partial charge in [0.1, 0.15) is 23.6 Å². The average Bonchev–Trinajstić information content (AvgIpc) is 2.57. The molecule has 0 aliphatic carbocycles. The minimum Gasteiger partial charge on any atom is -0.497 e. The summed E-state index contributed by atoms with van der Waals surface area (Å²) in [5.41, 5.74) is 5.27. The van der Waals surface area contributed by atoms with Gasteiger partial charge in [0.25, 0.3) is 5.91 Å². The quantitative estimate of drug-likeness (QED) is 0.743. The second kappa shape index (κ2) is 6.65. The molecule has 132 valence electrons. The maximum atomic E-state index is 12.5. The summed E-state index contributed by atoms with van der Waals surface area (Å²) in [6.07, 6.45) is 1.23. The Bertz CT molecular complexity index is 879. The monoisotopic (exact) mass is 363 g/mol. The van der Waals surface area contributed by atoms with Crippen LogP contribution in [0.15, 0.2) is 41.6 Å². The molecule has 1 saturated heterocycles. The number of rotatable bonds is 6. The number of nitrogens with zero attached hydrogens (tertiary/aromatic N) is 3. The Morgan fingerprint density at radius 2 is 1.96 bits per heavy atom. The molecule has 1 aromatic carbocycles. The van der Waals surface area contributed by atoms with Crippen LogP contribution in [0.1, 0.15) is 10.5 Å². The van der Waals surface area contributed by atoms with Gasteiger partial charge in [-0.05, 0) is 24.3 Å². The SMILES string of the molecule is COc1ccc(S(=O)(=O)N2CC(Nc3cc(C(N)=O)ncn3)C2)cc1. The number of sulfonamides is 1. The number of amides is 1. The first-order valence-electron chi connectivity index (χ1n) is 7.43. The first-order chi connectivity index (χ1) is 11.9. The molecule has 0 unspecified atom stereocenters. The number of benzene rings is 1. The number of methoxy groups -OCH3 is 1. The molecule has 2 aromatic rings. The predicted molar refractivity (Wildman–Crippen MR) is 89.7 cm³/mol. The molecule has 0 saturated carbocycles. The van der Waals surface area contributed by atoms with E-state index >= 15 is 0 Å². The van der Waals surface area contributed by atoms with Gasteiger partial charge in [0.05, 0.1) is 18.0 Å². The zero-order valence-electron chi connectivity index (χ0n) is 13.4. The van der Waals surface area contributed by atoms with Crippen LogP contribution in [-0.4, -0.2) is 54.8 Å². The molecule has 2 heterocycles. The highest BCUT2D eigenvalue weighted by Gasteiger charge is 2.36. The van der Waals surface area contributed by atoms with E-state index in [4.69, 9.17) is 10.5 Å². The van der Waals surface area contributed by atoms with Crippen molar-refractivity contribution in [2.24, 2.45) is 5.73 Å². The van der Waals surface area contributed by atoms with E-state index in [1.165, 1.54) is 35.9 Å². The first kappa shape index (κ1) is 17.1. The Morgan fingerprint density at radius 3 is 2.56 bits per heavy atom. The topological polar surface area (TPSA) is 128 Å². The summed E-state index contributed by atoms with van der Waals surface area (Å²) in [5, 5.41) is 3.06. The molecule has 0 radical (unpaired) electrons. The van der Waals surface area contributed by atoms with Gasteiger partial charge in [-0.15, -0.1) is 0 Å². The Kier molecular flexibility index (Phi) is 4.55. The van der Waals surface area contributed by atoms with Gasteiger partial charge >= 0.3 is 0 Å². The van der Waals surface area contributed by atoms with Crippen molar-refractivity contribution >= 4 is 21.7 Å². The van der Waals surface area contributed by atoms with E-state index in [1.54, 1.807) is 12.1 Å². The summed E-state index contributed by atoms with van der Waals surface area (Å²) in [5.74, 6) is 0.370. The molecule has 1 aliphatic heterocycles. The number of aromatic nitrogens is 2. The van der Waals surface area contributed by atoms with Crippen molar-refractivity contribution in [2.75, 3.05) is 25.5 Å². The molecule has 1 aliphatic rings. The Balaban J connectivity index is 1.63. The number of ether oxygens (including phenoxy) is 1.